The zero-order valence-electron chi connectivity index (χ0n) is 18.2. The molecule has 0 aliphatic heterocycles. The number of carbonyl (C=O) groups is 2. The third-order valence-electron chi connectivity index (χ3n) is 5.53. The number of aromatic nitrogens is 2. The van der Waals surface area contributed by atoms with Crippen LogP contribution in [-0.2, 0) is 17.8 Å². The summed E-state index contributed by atoms with van der Waals surface area (Å²) in [6, 6.07) is 10.7. The molecule has 8 nitrogen and oxygen atoms in total. The maximum atomic E-state index is 12.8. The number of hydrogen-bond acceptors (Lipinski definition) is 5. The lowest BCUT2D eigenvalue weighted by Gasteiger charge is -2.11. The first-order valence-corrected chi connectivity index (χ1v) is 10.5. The van der Waals surface area contributed by atoms with Crippen molar-refractivity contribution in [3.63, 3.8) is 0 Å². The van der Waals surface area contributed by atoms with E-state index in [0.717, 1.165) is 27.7 Å². The molecule has 0 spiro atoms. The van der Waals surface area contributed by atoms with Crippen LogP contribution in [0.25, 0.3) is 21.7 Å². The van der Waals surface area contributed by atoms with Gasteiger partial charge < -0.3 is 4.42 Å². The number of fused-ring (bicyclic) bond motifs is 2. The van der Waals surface area contributed by atoms with Gasteiger partial charge in [0.15, 0.2) is 5.69 Å². The van der Waals surface area contributed by atoms with Crippen LogP contribution >= 0.6 is 0 Å². The Hall–Kier alpha value is -3.94. The van der Waals surface area contributed by atoms with Crippen LogP contribution < -0.4 is 16.4 Å². The highest BCUT2D eigenvalue weighted by molar-refractivity contribution is 6.05. The molecule has 0 fully saturated rings. The molecule has 2 heterocycles. The lowest BCUT2D eigenvalue weighted by molar-refractivity contribution is -0.121. The molecule has 0 unspecified atom stereocenters. The van der Waals surface area contributed by atoms with Crippen LogP contribution in [0.15, 0.2) is 51.9 Å². The number of nitrogens with one attached hydrogen (secondary N) is 2. The van der Waals surface area contributed by atoms with Crippen molar-refractivity contribution in [2.24, 2.45) is 0 Å². The van der Waals surface area contributed by atoms with Gasteiger partial charge in [0, 0.05) is 22.9 Å². The number of carbonyl (C=O) groups excluding carboxylic acids is 2. The van der Waals surface area contributed by atoms with Crippen molar-refractivity contribution in [3.05, 3.63) is 75.4 Å². The fourth-order valence-corrected chi connectivity index (χ4v) is 3.69. The molecule has 0 saturated heterocycles. The molecule has 2 amide bonds. The molecule has 4 rings (SSSR count). The standard InChI is InChI=1S/C24H24N4O4/c1-4-11-28-24(31)19-8-6-5-7-18(19)21(27-28)23(30)26-25-20(29)12-16-13-32-22-15(3)14(2)9-10-17(16)22/h5-10,13H,4,11-12H2,1-3H3,(H,25,29)(H,26,30). The summed E-state index contributed by atoms with van der Waals surface area (Å²) in [7, 11) is 0. The van der Waals surface area contributed by atoms with Crippen LogP contribution in [0.1, 0.15) is 40.5 Å². The van der Waals surface area contributed by atoms with E-state index in [9.17, 15) is 14.4 Å². The van der Waals surface area contributed by atoms with E-state index in [1.54, 1.807) is 30.5 Å². The number of aryl methyl sites for hydroxylation is 3. The van der Waals surface area contributed by atoms with Crippen molar-refractivity contribution in [3.8, 4) is 0 Å². The Balaban J connectivity index is 1.52. The maximum Gasteiger partial charge on any atom is 0.290 e. The van der Waals surface area contributed by atoms with Gasteiger partial charge in [0.1, 0.15) is 5.58 Å². The molecule has 8 heteroatoms. The van der Waals surface area contributed by atoms with Crippen molar-refractivity contribution in [2.45, 2.75) is 40.2 Å². The summed E-state index contributed by atoms with van der Waals surface area (Å²) < 4.78 is 6.92. The summed E-state index contributed by atoms with van der Waals surface area (Å²) >= 11 is 0. The van der Waals surface area contributed by atoms with Crippen LogP contribution in [0, 0.1) is 13.8 Å². The first-order chi connectivity index (χ1) is 15.4. The van der Waals surface area contributed by atoms with Gasteiger partial charge in [-0.25, -0.2) is 4.68 Å². The average molecular weight is 432 g/mol. The Morgan fingerprint density at radius 2 is 1.78 bits per heavy atom. The third kappa shape index (κ3) is 3.87. The molecule has 2 aromatic carbocycles. The molecule has 0 radical (unpaired) electrons. The predicted octanol–water partition coefficient (Wildman–Crippen LogP) is 3.17. The van der Waals surface area contributed by atoms with Gasteiger partial charge in [0.05, 0.1) is 18.1 Å². The monoisotopic (exact) mass is 432 g/mol. The summed E-state index contributed by atoms with van der Waals surface area (Å²) in [6.07, 6.45) is 2.30. The molecule has 0 saturated carbocycles. The largest absolute Gasteiger partial charge is 0.464 e. The molecule has 0 aliphatic rings. The van der Waals surface area contributed by atoms with Gasteiger partial charge in [-0.05, 0) is 37.5 Å². The summed E-state index contributed by atoms with van der Waals surface area (Å²) in [4.78, 5) is 37.9. The Bertz CT molecular complexity index is 1400. The lowest BCUT2D eigenvalue weighted by Crippen LogP contribution is -2.43. The molecule has 0 aliphatic carbocycles. The molecule has 0 atom stereocenters. The first-order valence-electron chi connectivity index (χ1n) is 10.5. The van der Waals surface area contributed by atoms with Crippen LogP contribution in [-0.4, -0.2) is 21.6 Å². The second-order valence-electron chi connectivity index (χ2n) is 7.75. The number of furan rings is 1. The van der Waals surface area contributed by atoms with Gasteiger partial charge in [0.2, 0.25) is 5.91 Å². The van der Waals surface area contributed by atoms with E-state index in [-0.39, 0.29) is 17.7 Å². The van der Waals surface area contributed by atoms with Crippen LogP contribution in [0.2, 0.25) is 0 Å². The van der Waals surface area contributed by atoms with Gasteiger partial charge >= 0.3 is 0 Å². The SMILES string of the molecule is CCCn1nc(C(=O)NNC(=O)Cc2coc3c(C)c(C)ccc23)c2ccccc2c1=O. The van der Waals surface area contributed by atoms with Crippen LogP contribution in [0.4, 0.5) is 0 Å². The fraction of sp³-hybridized carbons (Fsp3) is 0.250. The summed E-state index contributed by atoms with van der Waals surface area (Å²) in [6.45, 7) is 6.29. The minimum Gasteiger partial charge on any atom is -0.464 e. The molecule has 2 aromatic heterocycles. The second-order valence-corrected chi connectivity index (χ2v) is 7.75. The van der Waals surface area contributed by atoms with E-state index in [2.05, 4.69) is 16.0 Å². The van der Waals surface area contributed by atoms with E-state index in [1.807, 2.05) is 32.9 Å². The second kappa shape index (κ2) is 8.66. The highest BCUT2D eigenvalue weighted by atomic mass is 16.3. The molecular weight excluding hydrogens is 408 g/mol. The Morgan fingerprint density at radius 1 is 1.03 bits per heavy atom. The zero-order valence-corrected chi connectivity index (χ0v) is 18.2. The van der Waals surface area contributed by atoms with E-state index < -0.39 is 11.8 Å². The smallest absolute Gasteiger partial charge is 0.290 e. The number of rotatable bonds is 5. The maximum absolute atomic E-state index is 12.8. The van der Waals surface area contributed by atoms with E-state index >= 15 is 0 Å². The molecule has 164 valence electrons. The van der Waals surface area contributed by atoms with E-state index in [0.29, 0.717) is 23.7 Å². The summed E-state index contributed by atoms with van der Waals surface area (Å²) in [5.74, 6) is -0.992. The average Bonchev–Trinajstić information content (AvgIpc) is 3.20. The number of hydrogen-bond donors (Lipinski definition) is 2. The van der Waals surface area contributed by atoms with Gasteiger partial charge in [-0.1, -0.05) is 37.3 Å². The number of benzene rings is 2. The topological polar surface area (TPSA) is 106 Å². The van der Waals surface area contributed by atoms with Crippen molar-refractivity contribution >= 4 is 33.6 Å². The Morgan fingerprint density at radius 3 is 2.53 bits per heavy atom. The van der Waals surface area contributed by atoms with Crippen LogP contribution in [0.5, 0.6) is 0 Å². The molecular formula is C24H24N4O4. The zero-order chi connectivity index (χ0) is 22.8. The van der Waals surface area contributed by atoms with Gasteiger partial charge in [-0.3, -0.25) is 25.2 Å². The van der Waals surface area contributed by atoms with Gasteiger partial charge in [0.25, 0.3) is 11.5 Å². The third-order valence-corrected chi connectivity index (χ3v) is 5.53. The highest BCUT2D eigenvalue weighted by Crippen LogP contribution is 2.26. The van der Waals surface area contributed by atoms with Crippen molar-refractivity contribution in [1.82, 2.24) is 20.6 Å². The van der Waals surface area contributed by atoms with Crippen LogP contribution in [0.3, 0.4) is 0 Å². The number of nitrogens with zero attached hydrogens (tertiary/aromatic N) is 2. The quantitative estimate of drug-likeness (QED) is 0.471. The van der Waals surface area contributed by atoms with E-state index in [1.165, 1.54) is 4.68 Å². The van der Waals surface area contributed by atoms with Crippen molar-refractivity contribution < 1.29 is 14.0 Å². The Kier molecular flexibility index (Phi) is 5.77. The summed E-state index contributed by atoms with van der Waals surface area (Å²) in [5, 5.41) is 5.94. The minimum absolute atomic E-state index is 0.0410. The van der Waals surface area contributed by atoms with Gasteiger partial charge in [-0.15, -0.1) is 0 Å². The number of amides is 2. The molecule has 2 N–H and O–H groups in total. The van der Waals surface area contributed by atoms with E-state index in [4.69, 9.17) is 4.42 Å². The molecule has 32 heavy (non-hydrogen) atoms. The molecule has 4 aromatic rings. The Labute approximate surface area is 184 Å². The molecule has 0 bridgehead atoms. The van der Waals surface area contributed by atoms with Crippen molar-refractivity contribution in [1.29, 1.82) is 0 Å². The minimum atomic E-state index is -0.595. The van der Waals surface area contributed by atoms with Crippen molar-refractivity contribution in [2.75, 3.05) is 0 Å². The lowest BCUT2D eigenvalue weighted by atomic mass is 10.0. The predicted molar refractivity (Wildman–Crippen MR) is 121 cm³/mol. The number of hydrazine groups is 1. The van der Waals surface area contributed by atoms with Gasteiger partial charge in [-0.2, -0.15) is 5.10 Å². The normalized spacial score (nSPS) is 11.1. The summed E-state index contributed by atoms with van der Waals surface area (Å²) in [5.41, 5.74) is 8.30. The highest BCUT2D eigenvalue weighted by Gasteiger charge is 2.18. The fourth-order valence-electron chi connectivity index (χ4n) is 3.69. The first kappa shape index (κ1) is 21.3.